The number of fused-ring (bicyclic) bond motifs is 1. The summed E-state index contributed by atoms with van der Waals surface area (Å²) in [4.78, 5) is 17.7. The van der Waals surface area contributed by atoms with Crippen molar-refractivity contribution in [1.29, 1.82) is 0 Å². The van der Waals surface area contributed by atoms with E-state index in [0.717, 1.165) is 16.6 Å². The lowest BCUT2D eigenvalue weighted by molar-refractivity contribution is 0.0990. The van der Waals surface area contributed by atoms with E-state index in [9.17, 15) is 4.79 Å². The zero-order valence-corrected chi connectivity index (χ0v) is 11.3. The highest BCUT2D eigenvalue weighted by Gasteiger charge is 2.18. The molecule has 1 aromatic heterocycles. The summed E-state index contributed by atoms with van der Waals surface area (Å²) in [5.74, 6) is 0.0201. The second-order valence-electron chi connectivity index (χ2n) is 4.63. The molecule has 3 rings (SSSR count). The number of nitrogens with one attached hydrogen (secondary N) is 1. The molecule has 1 N–H and O–H groups in total. The molecule has 0 saturated carbocycles. The van der Waals surface area contributed by atoms with Crippen LogP contribution in [0.25, 0.3) is 10.9 Å². The molecule has 3 heteroatoms. The van der Waals surface area contributed by atoms with Gasteiger partial charge in [0.15, 0.2) is 0 Å². The van der Waals surface area contributed by atoms with Gasteiger partial charge in [-0.3, -0.25) is 4.79 Å². The fraction of sp³-hybridized carbons (Fsp3) is 0.118. The molecule has 0 radical (unpaired) electrons. The van der Waals surface area contributed by atoms with Crippen molar-refractivity contribution in [3.8, 4) is 0 Å². The maximum atomic E-state index is 12.8. The van der Waals surface area contributed by atoms with Crippen molar-refractivity contribution in [1.82, 2.24) is 4.98 Å². The van der Waals surface area contributed by atoms with Crippen molar-refractivity contribution in [2.24, 2.45) is 0 Å². The Kier molecular flexibility index (Phi) is 3.25. The van der Waals surface area contributed by atoms with Crippen LogP contribution in [0.4, 0.5) is 5.69 Å². The van der Waals surface area contributed by atoms with Gasteiger partial charge in [-0.05, 0) is 31.2 Å². The first kappa shape index (κ1) is 12.5. The summed E-state index contributed by atoms with van der Waals surface area (Å²) in [5, 5.41) is 1.06. The van der Waals surface area contributed by atoms with Crippen molar-refractivity contribution in [3.63, 3.8) is 0 Å². The monoisotopic (exact) mass is 264 g/mol. The molecule has 0 atom stereocenters. The Hall–Kier alpha value is -2.55. The number of anilines is 1. The van der Waals surface area contributed by atoms with E-state index in [1.165, 1.54) is 0 Å². The highest BCUT2D eigenvalue weighted by atomic mass is 16.2. The highest BCUT2D eigenvalue weighted by Crippen LogP contribution is 2.22. The van der Waals surface area contributed by atoms with Gasteiger partial charge in [0.1, 0.15) is 0 Å². The predicted octanol–water partition coefficient (Wildman–Crippen LogP) is 3.83. The van der Waals surface area contributed by atoms with Crippen molar-refractivity contribution >= 4 is 22.5 Å². The van der Waals surface area contributed by atoms with Gasteiger partial charge < -0.3 is 9.88 Å². The number of carbonyl (C=O) groups is 1. The summed E-state index contributed by atoms with van der Waals surface area (Å²) < 4.78 is 0. The van der Waals surface area contributed by atoms with Crippen LogP contribution in [0.15, 0.2) is 60.8 Å². The van der Waals surface area contributed by atoms with Crippen LogP contribution >= 0.6 is 0 Å². The van der Waals surface area contributed by atoms with Crippen LogP contribution in [0.3, 0.4) is 0 Å². The first-order valence-corrected chi connectivity index (χ1v) is 6.74. The van der Waals surface area contributed by atoms with E-state index in [1.54, 1.807) is 4.90 Å². The lowest BCUT2D eigenvalue weighted by Gasteiger charge is -2.21. The first-order chi connectivity index (χ1) is 9.81. The van der Waals surface area contributed by atoms with E-state index in [4.69, 9.17) is 0 Å². The molecule has 100 valence electrons. The van der Waals surface area contributed by atoms with E-state index < -0.39 is 0 Å². The number of hydrogen-bond acceptors (Lipinski definition) is 1. The molecule has 0 bridgehead atoms. The normalized spacial score (nSPS) is 10.7. The molecule has 2 aromatic carbocycles. The van der Waals surface area contributed by atoms with Crippen molar-refractivity contribution < 1.29 is 4.79 Å². The number of amides is 1. The Morgan fingerprint density at radius 2 is 1.85 bits per heavy atom. The third-order valence-corrected chi connectivity index (χ3v) is 3.45. The summed E-state index contributed by atoms with van der Waals surface area (Å²) in [6.07, 6.45) is 1.86. The molecule has 3 aromatic rings. The summed E-state index contributed by atoms with van der Waals surface area (Å²) in [7, 11) is 0. The Morgan fingerprint density at radius 1 is 1.05 bits per heavy atom. The van der Waals surface area contributed by atoms with Crippen molar-refractivity contribution in [2.75, 3.05) is 11.4 Å². The van der Waals surface area contributed by atoms with Gasteiger partial charge in [-0.2, -0.15) is 0 Å². The van der Waals surface area contributed by atoms with E-state index in [0.29, 0.717) is 12.1 Å². The van der Waals surface area contributed by atoms with Crippen LogP contribution in [-0.4, -0.2) is 17.4 Å². The van der Waals surface area contributed by atoms with Gasteiger partial charge in [0.05, 0.1) is 11.1 Å². The van der Waals surface area contributed by atoms with Crippen LogP contribution < -0.4 is 4.90 Å². The molecule has 0 unspecified atom stereocenters. The number of para-hydroxylation sites is 2. The number of benzene rings is 2. The maximum Gasteiger partial charge on any atom is 0.260 e. The minimum absolute atomic E-state index is 0.0201. The Bertz CT molecular complexity index is 731. The average Bonchev–Trinajstić information content (AvgIpc) is 2.97. The molecular weight excluding hydrogens is 248 g/mol. The van der Waals surface area contributed by atoms with Crippen LogP contribution in [0.1, 0.15) is 17.3 Å². The van der Waals surface area contributed by atoms with E-state index in [1.807, 2.05) is 67.7 Å². The molecule has 3 nitrogen and oxygen atoms in total. The molecule has 0 aliphatic carbocycles. The molecule has 20 heavy (non-hydrogen) atoms. The summed E-state index contributed by atoms with van der Waals surface area (Å²) in [6.45, 7) is 2.62. The standard InChI is InChI=1S/C17H16N2O/c1-2-19(14-8-4-3-5-9-14)17(20)15-10-6-7-13-11-12-18-16(13)15/h3-12,18H,2H2,1H3. The number of hydrogen-bond donors (Lipinski definition) is 1. The van der Waals surface area contributed by atoms with E-state index in [2.05, 4.69) is 4.98 Å². The Balaban J connectivity index is 2.05. The quantitative estimate of drug-likeness (QED) is 0.766. The van der Waals surface area contributed by atoms with Gasteiger partial charge in [-0.15, -0.1) is 0 Å². The van der Waals surface area contributed by atoms with Crippen LogP contribution in [-0.2, 0) is 0 Å². The number of nitrogens with zero attached hydrogens (tertiary/aromatic N) is 1. The van der Waals surface area contributed by atoms with Crippen LogP contribution in [0.2, 0.25) is 0 Å². The van der Waals surface area contributed by atoms with Gasteiger partial charge in [0.2, 0.25) is 0 Å². The summed E-state index contributed by atoms with van der Waals surface area (Å²) in [5.41, 5.74) is 2.52. The van der Waals surface area contributed by atoms with Gasteiger partial charge in [-0.25, -0.2) is 0 Å². The lowest BCUT2D eigenvalue weighted by Crippen LogP contribution is -2.30. The largest absolute Gasteiger partial charge is 0.361 e. The first-order valence-electron chi connectivity index (χ1n) is 6.74. The molecule has 0 aliphatic rings. The van der Waals surface area contributed by atoms with Crippen LogP contribution in [0, 0.1) is 0 Å². The molecular formula is C17H16N2O. The van der Waals surface area contributed by atoms with Gasteiger partial charge >= 0.3 is 0 Å². The van der Waals surface area contributed by atoms with Crippen LogP contribution in [0.5, 0.6) is 0 Å². The summed E-state index contributed by atoms with van der Waals surface area (Å²) in [6, 6.07) is 17.5. The lowest BCUT2D eigenvalue weighted by atomic mass is 10.1. The number of aromatic nitrogens is 1. The van der Waals surface area contributed by atoms with Gasteiger partial charge in [0.25, 0.3) is 5.91 Å². The Morgan fingerprint density at radius 3 is 2.60 bits per heavy atom. The van der Waals surface area contributed by atoms with E-state index >= 15 is 0 Å². The maximum absolute atomic E-state index is 12.8. The van der Waals surface area contributed by atoms with Crippen molar-refractivity contribution in [2.45, 2.75) is 6.92 Å². The molecule has 1 heterocycles. The predicted molar refractivity (Wildman–Crippen MR) is 82.1 cm³/mol. The van der Waals surface area contributed by atoms with Gasteiger partial charge in [0, 0.05) is 23.8 Å². The number of aromatic amines is 1. The van der Waals surface area contributed by atoms with Crippen molar-refractivity contribution in [3.05, 3.63) is 66.4 Å². The zero-order chi connectivity index (χ0) is 13.9. The fourth-order valence-corrected chi connectivity index (χ4v) is 2.46. The zero-order valence-electron chi connectivity index (χ0n) is 11.3. The topological polar surface area (TPSA) is 36.1 Å². The average molecular weight is 264 g/mol. The van der Waals surface area contributed by atoms with Gasteiger partial charge in [-0.1, -0.05) is 30.3 Å². The minimum atomic E-state index is 0.0201. The third-order valence-electron chi connectivity index (χ3n) is 3.45. The second kappa shape index (κ2) is 5.21. The molecule has 0 saturated heterocycles. The second-order valence-corrected chi connectivity index (χ2v) is 4.63. The number of rotatable bonds is 3. The fourth-order valence-electron chi connectivity index (χ4n) is 2.46. The number of H-pyrrole nitrogens is 1. The molecule has 0 fully saturated rings. The summed E-state index contributed by atoms with van der Waals surface area (Å²) >= 11 is 0. The smallest absolute Gasteiger partial charge is 0.260 e. The molecule has 0 aliphatic heterocycles. The highest BCUT2D eigenvalue weighted by molar-refractivity contribution is 6.13. The van der Waals surface area contributed by atoms with E-state index in [-0.39, 0.29) is 5.91 Å². The number of carbonyl (C=O) groups excluding carboxylic acids is 1. The minimum Gasteiger partial charge on any atom is -0.361 e. The third kappa shape index (κ3) is 2.07. The SMILES string of the molecule is CCN(C(=O)c1cccc2cc[nH]c12)c1ccccc1. The molecule has 1 amide bonds. The Labute approximate surface area is 117 Å². The molecule has 0 spiro atoms.